The van der Waals surface area contributed by atoms with E-state index in [0.717, 1.165) is 23.1 Å². The summed E-state index contributed by atoms with van der Waals surface area (Å²) in [5.41, 5.74) is 3.79. The van der Waals surface area contributed by atoms with Gasteiger partial charge < -0.3 is 5.32 Å². The highest BCUT2D eigenvalue weighted by molar-refractivity contribution is 6.04. The van der Waals surface area contributed by atoms with Crippen LogP contribution in [0.1, 0.15) is 22.8 Å². The Kier molecular flexibility index (Phi) is 4.43. The van der Waals surface area contributed by atoms with E-state index >= 15 is 0 Å². The summed E-state index contributed by atoms with van der Waals surface area (Å²) in [5.74, 6) is 0.411. The Bertz CT molecular complexity index is 798. The molecule has 4 heteroatoms. The smallest absolute Gasteiger partial charge is 0.256 e. The maximum absolute atomic E-state index is 12.3. The lowest BCUT2D eigenvalue weighted by molar-refractivity contribution is 0.102. The molecular formula is C19H17N3O. The van der Waals surface area contributed by atoms with Crippen LogP contribution in [0.5, 0.6) is 0 Å². The Morgan fingerprint density at radius 3 is 2.57 bits per heavy atom. The molecule has 0 aliphatic heterocycles. The van der Waals surface area contributed by atoms with E-state index in [9.17, 15) is 4.79 Å². The van der Waals surface area contributed by atoms with Gasteiger partial charge in [0.25, 0.3) is 5.91 Å². The molecule has 0 spiro atoms. The van der Waals surface area contributed by atoms with Crippen LogP contribution in [0.4, 0.5) is 5.82 Å². The van der Waals surface area contributed by atoms with Gasteiger partial charge in [0.05, 0.1) is 0 Å². The van der Waals surface area contributed by atoms with Crippen LogP contribution in [0.2, 0.25) is 0 Å². The van der Waals surface area contributed by atoms with E-state index in [-0.39, 0.29) is 5.91 Å². The lowest BCUT2D eigenvalue weighted by Gasteiger charge is -2.07. The second-order valence-electron chi connectivity index (χ2n) is 5.18. The van der Waals surface area contributed by atoms with Gasteiger partial charge in [0.2, 0.25) is 0 Å². The highest BCUT2D eigenvalue weighted by Gasteiger charge is 2.07. The summed E-state index contributed by atoms with van der Waals surface area (Å²) in [6.45, 7) is 2.07. The number of anilines is 1. The molecule has 0 aliphatic rings. The maximum Gasteiger partial charge on any atom is 0.256 e. The third-order valence-electron chi connectivity index (χ3n) is 3.62. The molecule has 1 N–H and O–H groups in total. The van der Waals surface area contributed by atoms with Crippen LogP contribution in [0.15, 0.2) is 67.1 Å². The Morgan fingerprint density at radius 1 is 1.04 bits per heavy atom. The number of benzene rings is 1. The number of nitrogens with one attached hydrogen (secondary N) is 1. The minimum Gasteiger partial charge on any atom is -0.307 e. The van der Waals surface area contributed by atoms with Crippen molar-refractivity contribution in [3.63, 3.8) is 0 Å². The second kappa shape index (κ2) is 6.83. The SMILES string of the molecule is CCc1ccnc(NC(=O)c2ccc(-c3cccnc3)cc2)c1. The van der Waals surface area contributed by atoms with Gasteiger partial charge in [0, 0.05) is 24.2 Å². The molecule has 3 rings (SSSR count). The molecule has 0 saturated heterocycles. The lowest BCUT2D eigenvalue weighted by Crippen LogP contribution is -2.12. The van der Waals surface area contributed by atoms with Gasteiger partial charge in [0.15, 0.2) is 0 Å². The largest absolute Gasteiger partial charge is 0.307 e. The number of rotatable bonds is 4. The summed E-state index contributed by atoms with van der Waals surface area (Å²) >= 11 is 0. The highest BCUT2D eigenvalue weighted by atomic mass is 16.1. The molecule has 0 fully saturated rings. The molecule has 0 saturated carbocycles. The van der Waals surface area contributed by atoms with Gasteiger partial charge in [-0.15, -0.1) is 0 Å². The minimum absolute atomic E-state index is 0.163. The first-order chi connectivity index (χ1) is 11.3. The van der Waals surface area contributed by atoms with Crippen LogP contribution in [0, 0.1) is 0 Å². The highest BCUT2D eigenvalue weighted by Crippen LogP contribution is 2.19. The van der Waals surface area contributed by atoms with Gasteiger partial charge in [-0.25, -0.2) is 4.98 Å². The van der Waals surface area contributed by atoms with Crippen LogP contribution >= 0.6 is 0 Å². The van der Waals surface area contributed by atoms with Gasteiger partial charge in [-0.3, -0.25) is 9.78 Å². The fourth-order valence-corrected chi connectivity index (χ4v) is 2.30. The van der Waals surface area contributed by atoms with Crippen LogP contribution in [0.25, 0.3) is 11.1 Å². The Labute approximate surface area is 135 Å². The zero-order valence-electron chi connectivity index (χ0n) is 12.9. The molecule has 3 aromatic rings. The number of nitrogens with zero attached hydrogens (tertiary/aromatic N) is 2. The van der Waals surface area contributed by atoms with Crippen molar-refractivity contribution in [2.24, 2.45) is 0 Å². The number of hydrogen-bond donors (Lipinski definition) is 1. The molecule has 0 radical (unpaired) electrons. The summed E-state index contributed by atoms with van der Waals surface area (Å²) < 4.78 is 0. The number of carbonyl (C=O) groups excluding carboxylic acids is 1. The van der Waals surface area contributed by atoms with Crippen molar-refractivity contribution in [1.29, 1.82) is 0 Å². The van der Waals surface area contributed by atoms with E-state index in [4.69, 9.17) is 0 Å². The fraction of sp³-hybridized carbons (Fsp3) is 0.105. The molecule has 0 aliphatic carbocycles. The van der Waals surface area contributed by atoms with Crippen molar-refractivity contribution in [1.82, 2.24) is 9.97 Å². The summed E-state index contributed by atoms with van der Waals surface area (Å²) in [5, 5.41) is 2.83. The van der Waals surface area contributed by atoms with Crippen LogP contribution in [-0.2, 0) is 6.42 Å². The molecule has 1 amide bonds. The number of aryl methyl sites for hydroxylation is 1. The Morgan fingerprint density at radius 2 is 1.87 bits per heavy atom. The predicted octanol–water partition coefficient (Wildman–Crippen LogP) is 3.96. The molecule has 0 unspecified atom stereocenters. The summed E-state index contributed by atoms with van der Waals surface area (Å²) in [4.78, 5) is 20.6. The van der Waals surface area contributed by atoms with Gasteiger partial charge >= 0.3 is 0 Å². The molecule has 0 bridgehead atoms. The molecule has 23 heavy (non-hydrogen) atoms. The van der Waals surface area contributed by atoms with Crippen molar-refractivity contribution in [2.75, 3.05) is 5.32 Å². The Hall–Kier alpha value is -3.01. The zero-order chi connectivity index (χ0) is 16.1. The minimum atomic E-state index is -0.163. The van der Waals surface area contributed by atoms with Crippen molar-refractivity contribution >= 4 is 11.7 Å². The van der Waals surface area contributed by atoms with Crippen LogP contribution < -0.4 is 5.32 Å². The fourth-order valence-electron chi connectivity index (χ4n) is 2.30. The summed E-state index contributed by atoms with van der Waals surface area (Å²) in [6.07, 6.45) is 6.16. The average molecular weight is 303 g/mol. The van der Waals surface area contributed by atoms with Gasteiger partial charge in [0.1, 0.15) is 5.82 Å². The van der Waals surface area contributed by atoms with E-state index < -0.39 is 0 Å². The molecule has 2 heterocycles. The van der Waals surface area contributed by atoms with E-state index in [1.165, 1.54) is 0 Å². The summed E-state index contributed by atoms with van der Waals surface area (Å²) in [6, 6.07) is 15.2. The van der Waals surface area contributed by atoms with Crippen LogP contribution in [-0.4, -0.2) is 15.9 Å². The normalized spacial score (nSPS) is 10.3. The number of aromatic nitrogens is 2. The first-order valence-corrected chi connectivity index (χ1v) is 7.53. The first kappa shape index (κ1) is 14.9. The van der Waals surface area contributed by atoms with Crippen molar-refractivity contribution in [3.05, 3.63) is 78.2 Å². The van der Waals surface area contributed by atoms with Crippen molar-refractivity contribution in [2.45, 2.75) is 13.3 Å². The number of hydrogen-bond acceptors (Lipinski definition) is 3. The van der Waals surface area contributed by atoms with E-state index in [1.807, 2.05) is 36.4 Å². The third kappa shape index (κ3) is 3.61. The van der Waals surface area contributed by atoms with Crippen LogP contribution in [0.3, 0.4) is 0 Å². The standard InChI is InChI=1S/C19H17N3O/c1-2-14-9-11-21-18(12-14)22-19(23)16-7-5-15(6-8-16)17-4-3-10-20-13-17/h3-13H,2H2,1H3,(H,21,22,23). The molecular weight excluding hydrogens is 286 g/mol. The van der Waals surface area contributed by atoms with E-state index in [0.29, 0.717) is 11.4 Å². The summed E-state index contributed by atoms with van der Waals surface area (Å²) in [7, 11) is 0. The van der Waals surface area contributed by atoms with E-state index in [2.05, 4.69) is 22.2 Å². The number of amides is 1. The topological polar surface area (TPSA) is 54.9 Å². The molecule has 0 atom stereocenters. The molecule has 1 aromatic carbocycles. The molecule has 2 aromatic heterocycles. The predicted molar refractivity (Wildman–Crippen MR) is 91.2 cm³/mol. The number of pyridine rings is 2. The lowest BCUT2D eigenvalue weighted by atomic mass is 10.1. The van der Waals surface area contributed by atoms with Gasteiger partial charge in [-0.2, -0.15) is 0 Å². The van der Waals surface area contributed by atoms with Crippen molar-refractivity contribution < 1.29 is 4.79 Å². The van der Waals surface area contributed by atoms with Gasteiger partial charge in [-0.1, -0.05) is 25.1 Å². The maximum atomic E-state index is 12.3. The number of carbonyl (C=O) groups is 1. The Balaban J connectivity index is 1.75. The third-order valence-corrected chi connectivity index (χ3v) is 3.62. The van der Waals surface area contributed by atoms with E-state index in [1.54, 1.807) is 30.7 Å². The molecule has 4 nitrogen and oxygen atoms in total. The quantitative estimate of drug-likeness (QED) is 0.793. The van der Waals surface area contributed by atoms with Gasteiger partial charge in [-0.05, 0) is 53.4 Å². The second-order valence-corrected chi connectivity index (χ2v) is 5.18. The zero-order valence-corrected chi connectivity index (χ0v) is 12.9. The monoisotopic (exact) mass is 303 g/mol. The first-order valence-electron chi connectivity index (χ1n) is 7.53. The average Bonchev–Trinajstić information content (AvgIpc) is 2.63. The van der Waals surface area contributed by atoms with Crippen molar-refractivity contribution in [3.8, 4) is 11.1 Å². The molecule has 114 valence electrons.